The zero-order valence-electron chi connectivity index (χ0n) is 25.0. The van der Waals surface area contributed by atoms with Crippen LogP contribution < -0.4 is 15.1 Å². The molecule has 4 rings (SSSR count). The Balaban J connectivity index is 0.000000279. The van der Waals surface area contributed by atoms with Crippen LogP contribution in [0.3, 0.4) is 0 Å². The fourth-order valence-corrected chi connectivity index (χ4v) is 4.93. The van der Waals surface area contributed by atoms with Crippen LogP contribution in [0.15, 0.2) is 66.9 Å². The van der Waals surface area contributed by atoms with Crippen LogP contribution in [0.25, 0.3) is 0 Å². The van der Waals surface area contributed by atoms with Crippen molar-refractivity contribution in [3.8, 4) is 6.07 Å². The number of alkyl halides is 2. The van der Waals surface area contributed by atoms with E-state index < -0.39 is 41.6 Å². The lowest BCUT2D eigenvalue weighted by molar-refractivity contribution is -0.130. The molecule has 2 atom stereocenters. The molecular formula is C33H35F4N5O3. The molecule has 1 aromatic heterocycles. The minimum absolute atomic E-state index is 0.213. The molecule has 238 valence electrons. The smallest absolute Gasteiger partial charge is 0.252 e. The molecule has 1 aliphatic carbocycles. The number of nitrogens with zero attached hydrogens (tertiary/aromatic N) is 4. The molecule has 1 fully saturated rings. The zero-order chi connectivity index (χ0) is 33.0. The first kappa shape index (κ1) is 34.7. The number of carbonyl (C=O) groups is 3. The van der Waals surface area contributed by atoms with Crippen molar-refractivity contribution in [3.63, 3.8) is 0 Å². The quantitative estimate of drug-likeness (QED) is 0.196. The SMILES string of the molecule is CCCC(C=O)N(C=O)c1cc(C#N)ccn1.CN(c1cc(F)cc(F)c1)C(CCc1ccccc1)C(=O)NC1CC(F)(F)C1. The number of hydrogen-bond donors (Lipinski definition) is 1. The fourth-order valence-electron chi connectivity index (χ4n) is 4.93. The van der Waals surface area contributed by atoms with E-state index in [-0.39, 0.29) is 18.5 Å². The van der Waals surface area contributed by atoms with Crippen molar-refractivity contribution in [1.29, 1.82) is 5.26 Å². The highest BCUT2D eigenvalue weighted by Gasteiger charge is 2.46. The van der Waals surface area contributed by atoms with E-state index in [4.69, 9.17) is 5.26 Å². The monoisotopic (exact) mass is 625 g/mol. The van der Waals surface area contributed by atoms with Crippen LogP contribution in [-0.2, 0) is 20.8 Å². The highest BCUT2D eigenvalue weighted by molar-refractivity contribution is 5.85. The van der Waals surface area contributed by atoms with Crippen molar-refractivity contribution < 1.29 is 31.9 Å². The van der Waals surface area contributed by atoms with Crippen LogP contribution >= 0.6 is 0 Å². The third-order valence-electron chi connectivity index (χ3n) is 7.36. The number of amides is 2. The molecular weight excluding hydrogens is 590 g/mol. The predicted octanol–water partition coefficient (Wildman–Crippen LogP) is 5.60. The molecule has 0 saturated heterocycles. The van der Waals surface area contributed by atoms with Crippen molar-refractivity contribution in [3.05, 3.63) is 89.6 Å². The van der Waals surface area contributed by atoms with Gasteiger partial charge in [-0.1, -0.05) is 43.7 Å². The normalized spacial score (nSPS) is 14.8. The van der Waals surface area contributed by atoms with Crippen molar-refractivity contribution in [2.45, 2.75) is 69.5 Å². The number of nitrogens with one attached hydrogen (secondary N) is 1. The largest absolute Gasteiger partial charge is 0.362 e. The number of aldehydes is 1. The van der Waals surface area contributed by atoms with E-state index in [1.807, 2.05) is 43.3 Å². The first-order valence-electron chi connectivity index (χ1n) is 14.5. The van der Waals surface area contributed by atoms with Crippen LogP contribution in [-0.4, -0.2) is 54.7 Å². The van der Waals surface area contributed by atoms with E-state index in [2.05, 4.69) is 10.3 Å². The van der Waals surface area contributed by atoms with E-state index >= 15 is 0 Å². The topological polar surface area (TPSA) is 106 Å². The number of halogens is 4. The molecule has 0 aliphatic heterocycles. The van der Waals surface area contributed by atoms with Gasteiger partial charge in [0.05, 0.1) is 17.7 Å². The number of rotatable bonds is 13. The highest BCUT2D eigenvalue weighted by atomic mass is 19.3. The average Bonchev–Trinajstić information content (AvgIpc) is 3.00. The van der Waals surface area contributed by atoms with E-state index in [0.29, 0.717) is 37.1 Å². The Hall–Kier alpha value is -4.79. The summed E-state index contributed by atoms with van der Waals surface area (Å²) in [5.41, 5.74) is 1.63. The second kappa shape index (κ2) is 16.3. The fraction of sp³-hybridized carbons (Fsp3) is 0.364. The van der Waals surface area contributed by atoms with E-state index in [0.717, 1.165) is 36.5 Å². The van der Waals surface area contributed by atoms with Gasteiger partial charge in [-0.15, -0.1) is 0 Å². The van der Waals surface area contributed by atoms with Gasteiger partial charge in [-0.05, 0) is 49.1 Å². The first-order chi connectivity index (χ1) is 21.5. The van der Waals surface area contributed by atoms with Crippen LogP contribution in [0, 0.1) is 23.0 Å². The summed E-state index contributed by atoms with van der Waals surface area (Å²) in [5, 5.41) is 11.4. The van der Waals surface area contributed by atoms with Gasteiger partial charge in [0, 0.05) is 43.9 Å². The Morgan fingerprint density at radius 3 is 2.31 bits per heavy atom. The van der Waals surface area contributed by atoms with E-state index in [1.54, 1.807) is 13.1 Å². The number of aryl methyl sites for hydroxylation is 1. The number of hydrogen-bond acceptors (Lipinski definition) is 6. The summed E-state index contributed by atoms with van der Waals surface area (Å²) in [6.07, 6.45) is 4.24. The van der Waals surface area contributed by atoms with Gasteiger partial charge in [-0.3, -0.25) is 14.5 Å². The molecule has 45 heavy (non-hydrogen) atoms. The van der Waals surface area contributed by atoms with Gasteiger partial charge in [0.2, 0.25) is 12.3 Å². The second-order valence-electron chi connectivity index (χ2n) is 10.8. The Morgan fingerprint density at radius 1 is 1.09 bits per heavy atom. The summed E-state index contributed by atoms with van der Waals surface area (Å²) < 4.78 is 53.4. The van der Waals surface area contributed by atoms with Crippen molar-refractivity contribution in [1.82, 2.24) is 10.3 Å². The molecule has 0 bridgehead atoms. The summed E-state index contributed by atoms with van der Waals surface area (Å²) >= 11 is 0. The van der Waals surface area contributed by atoms with Crippen LogP contribution in [0.1, 0.15) is 50.2 Å². The molecule has 1 saturated carbocycles. The number of likely N-dealkylation sites (N-methyl/N-ethyl adjacent to an activating group) is 1. The van der Waals surface area contributed by atoms with Crippen LogP contribution in [0.5, 0.6) is 0 Å². The number of aromatic nitrogens is 1. The Labute approximate surface area is 259 Å². The molecule has 0 radical (unpaired) electrons. The number of carbonyl (C=O) groups excluding carboxylic acids is 3. The molecule has 8 nitrogen and oxygen atoms in total. The summed E-state index contributed by atoms with van der Waals surface area (Å²) in [7, 11) is 1.57. The van der Waals surface area contributed by atoms with E-state index in [1.165, 1.54) is 22.1 Å². The van der Waals surface area contributed by atoms with Crippen molar-refractivity contribution >= 4 is 30.1 Å². The third kappa shape index (κ3) is 10.1. The average molecular weight is 626 g/mol. The summed E-state index contributed by atoms with van der Waals surface area (Å²) in [6, 6.07) is 15.7. The maximum Gasteiger partial charge on any atom is 0.252 e. The van der Waals surface area contributed by atoms with Gasteiger partial charge >= 0.3 is 0 Å². The number of pyridine rings is 1. The lowest BCUT2D eigenvalue weighted by Gasteiger charge is -2.37. The van der Waals surface area contributed by atoms with Crippen LogP contribution in [0.2, 0.25) is 0 Å². The number of anilines is 2. The van der Waals surface area contributed by atoms with Crippen molar-refractivity contribution in [2.75, 3.05) is 16.8 Å². The predicted molar refractivity (Wildman–Crippen MR) is 162 cm³/mol. The lowest BCUT2D eigenvalue weighted by atomic mass is 9.88. The molecule has 3 aromatic rings. The van der Waals surface area contributed by atoms with Gasteiger partial charge in [-0.2, -0.15) is 5.26 Å². The van der Waals surface area contributed by atoms with Gasteiger partial charge in [0.1, 0.15) is 29.8 Å². The lowest BCUT2D eigenvalue weighted by Crippen LogP contribution is -2.55. The second-order valence-corrected chi connectivity index (χ2v) is 10.8. The van der Waals surface area contributed by atoms with Crippen molar-refractivity contribution in [2.24, 2.45) is 0 Å². The minimum atomic E-state index is -2.74. The Bertz CT molecular complexity index is 1460. The Kier molecular flexibility index (Phi) is 12.6. The summed E-state index contributed by atoms with van der Waals surface area (Å²) in [6.45, 7) is 1.93. The maximum atomic E-state index is 13.6. The first-order valence-corrected chi connectivity index (χ1v) is 14.5. The maximum absolute atomic E-state index is 13.6. The molecule has 2 amide bonds. The number of nitriles is 1. The molecule has 1 heterocycles. The standard InChI is InChI=1S/C21H22F4N2O.C12H13N3O2/c1-27(18-10-15(22)9-16(23)11-18)19(8-7-14-5-3-2-4-6-14)20(28)26-17-12-21(24,25)13-17;1-2-3-11(8-16)15(9-17)12-6-10(7-13)4-5-14-12/h2-6,9-11,17,19H,7-8,12-13H2,1H3,(H,26,28);4-6,8-9,11H,2-3H2,1H3. The summed E-state index contributed by atoms with van der Waals surface area (Å²) in [5.74, 6) is -4.34. The highest BCUT2D eigenvalue weighted by Crippen LogP contribution is 2.37. The molecule has 2 unspecified atom stereocenters. The zero-order valence-corrected chi connectivity index (χ0v) is 25.0. The van der Waals surface area contributed by atoms with Gasteiger partial charge in [0.15, 0.2) is 0 Å². The minimum Gasteiger partial charge on any atom is -0.362 e. The molecule has 0 spiro atoms. The molecule has 1 N–H and O–H groups in total. The van der Waals surface area contributed by atoms with E-state index in [9.17, 15) is 31.9 Å². The molecule has 12 heteroatoms. The van der Waals surface area contributed by atoms with Gasteiger partial charge in [-0.25, -0.2) is 22.5 Å². The number of benzene rings is 2. The third-order valence-corrected chi connectivity index (χ3v) is 7.36. The van der Waals surface area contributed by atoms with Gasteiger partial charge < -0.3 is 15.0 Å². The Morgan fingerprint density at radius 2 is 1.76 bits per heavy atom. The molecule has 1 aliphatic rings. The van der Waals surface area contributed by atoms with Crippen LogP contribution in [0.4, 0.5) is 29.1 Å². The van der Waals surface area contributed by atoms with Gasteiger partial charge in [0.25, 0.3) is 5.92 Å². The molecule has 2 aromatic carbocycles. The summed E-state index contributed by atoms with van der Waals surface area (Å²) in [4.78, 5) is 41.5.